The molecule has 13 heavy (non-hydrogen) atoms. The van der Waals surface area contributed by atoms with Crippen molar-refractivity contribution in [2.24, 2.45) is 5.92 Å². The fraction of sp³-hybridized carbons (Fsp3) is 0.300. The van der Waals surface area contributed by atoms with Crippen molar-refractivity contribution in [3.05, 3.63) is 23.8 Å². The van der Waals surface area contributed by atoms with Crippen LogP contribution in [0.15, 0.2) is 18.2 Å². The minimum Gasteiger partial charge on any atom is -0.508 e. The lowest BCUT2D eigenvalue weighted by Gasteiger charge is -2.04. The van der Waals surface area contributed by atoms with Gasteiger partial charge in [-0.05, 0) is 12.1 Å². The smallest absolute Gasteiger partial charge is 0.165 e. The number of aromatic hydroxyl groups is 2. The zero-order valence-corrected chi connectivity index (χ0v) is 7.61. The van der Waals surface area contributed by atoms with Crippen LogP contribution < -0.4 is 0 Å². The zero-order valence-electron chi connectivity index (χ0n) is 7.61. The summed E-state index contributed by atoms with van der Waals surface area (Å²) in [5, 5.41) is 18.2. The lowest BCUT2D eigenvalue weighted by atomic mass is 10.0. The Morgan fingerprint density at radius 1 is 1.15 bits per heavy atom. The predicted molar refractivity (Wildman–Crippen MR) is 48.9 cm³/mol. The average Bonchev–Trinajstić information content (AvgIpc) is 2.01. The third-order valence-corrected chi connectivity index (χ3v) is 1.71. The fourth-order valence-electron chi connectivity index (χ4n) is 1.07. The van der Waals surface area contributed by atoms with Crippen molar-refractivity contribution < 1.29 is 15.0 Å². The molecule has 1 aromatic carbocycles. The van der Waals surface area contributed by atoms with E-state index in [4.69, 9.17) is 10.2 Å². The first-order valence-corrected chi connectivity index (χ1v) is 4.08. The molecule has 3 nitrogen and oxygen atoms in total. The molecule has 1 aromatic rings. The summed E-state index contributed by atoms with van der Waals surface area (Å²) in [6.07, 6.45) is 0. The molecule has 3 heteroatoms. The first-order valence-electron chi connectivity index (χ1n) is 4.08. The molecule has 0 unspecified atom stereocenters. The average molecular weight is 180 g/mol. The van der Waals surface area contributed by atoms with Gasteiger partial charge in [0, 0.05) is 17.5 Å². The highest BCUT2D eigenvalue weighted by Crippen LogP contribution is 2.22. The summed E-state index contributed by atoms with van der Waals surface area (Å²) < 4.78 is 0. The largest absolute Gasteiger partial charge is 0.508 e. The Bertz CT molecular complexity index is 309. The molecule has 0 bridgehead atoms. The van der Waals surface area contributed by atoms with E-state index in [2.05, 4.69) is 0 Å². The number of phenols is 2. The van der Waals surface area contributed by atoms with Gasteiger partial charge in [-0.3, -0.25) is 4.79 Å². The normalized spacial score (nSPS) is 10.4. The van der Waals surface area contributed by atoms with Gasteiger partial charge < -0.3 is 10.2 Å². The number of carbonyl (C=O) groups excluding carboxylic acids is 1. The second-order valence-corrected chi connectivity index (χ2v) is 3.26. The van der Waals surface area contributed by atoms with E-state index in [1.807, 2.05) is 0 Å². The predicted octanol–water partition coefficient (Wildman–Crippen LogP) is 1.94. The van der Waals surface area contributed by atoms with E-state index in [1.54, 1.807) is 13.8 Å². The molecule has 0 spiro atoms. The quantitative estimate of drug-likeness (QED) is 0.684. The molecule has 0 aromatic heterocycles. The molecule has 0 saturated heterocycles. The number of Topliss-reactive ketones (excluding diaryl/α,β-unsaturated/α-hetero) is 1. The summed E-state index contributed by atoms with van der Waals surface area (Å²) in [5.74, 6) is -0.416. The number of hydrogen-bond acceptors (Lipinski definition) is 3. The highest BCUT2D eigenvalue weighted by Gasteiger charge is 2.11. The van der Waals surface area contributed by atoms with E-state index in [0.29, 0.717) is 5.56 Å². The Labute approximate surface area is 76.6 Å². The molecule has 0 aliphatic rings. The van der Waals surface area contributed by atoms with E-state index in [0.717, 1.165) is 0 Å². The summed E-state index contributed by atoms with van der Waals surface area (Å²) in [4.78, 5) is 11.4. The van der Waals surface area contributed by atoms with Crippen LogP contribution in [0.5, 0.6) is 11.5 Å². The summed E-state index contributed by atoms with van der Waals surface area (Å²) in [6, 6.07) is 3.89. The zero-order chi connectivity index (χ0) is 10.0. The summed E-state index contributed by atoms with van der Waals surface area (Å²) in [6.45, 7) is 3.53. The van der Waals surface area contributed by atoms with Crippen LogP contribution in [0.1, 0.15) is 24.2 Å². The highest BCUT2D eigenvalue weighted by molar-refractivity contribution is 5.98. The van der Waals surface area contributed by atoms with Crippen molar-refractivity contribution in [1.29, 1.82) is 0 Å². The minimum atomic E-state index is -0.138. The Hall–Kier alpha value is -1.51. The molecule has 1 rings (SSSR count). The summed E-state index contributed by atoms with van der Waals surface area (Å²) in [7, 11) is 0. The van der Waals surface area contributed by atoms with Gasteiger partial charge in [-0.25, -0.2) is 0 Å². The minimum absolute atomic E-state index is 0.0915. The van der Waals surface area contributed by atoms with Gasteiger partial charge in [0.15, 0.2) is 5.78 Å². The van der Waals surface area contributed by atoms with Crippen molar-refractivity contribution >= 4 is 5.78 Å². The number of phenolic OH excluding ortho intramolecular Hbond substituents is 2. The highest BCUT2D eigenvalue weighted by atomic mass is 16.3. The maximum absolute atomic E-state index is 11.4. The van der Waals surface area contributed by atoms with E-state index in [9.17, 15) is 4.79 Å². The van der Waals surface area contributed by atoms with Crippen molar-refractivity contribution in [3.8, 4) is 11.5 Å². The molecule has 2 N–H and O–H groups in total. The number of ketones is 1. The van der Waals surface area contributed by atoms with Gasteiger partial charge in [0.2, 0.25) is 0 Å². The summed E-state index contributed by atoms with van der Waals surface area (Å²) in [5.41, 5.74) is 0.340. The SMILES string of the molecule is CC(C)C(=O)c1cc(O)cc(O)c1. The first-order chi connectivity index (χ1) is 6.00. The van der Waals surface area contributed by atoms with Crippen molar-refractivity contribution in [2.45, 2.75) is 13.8 Å². The van der Waals surface area contributed by atoms with Crippen LogP contribution in [0.25, 0.3) is 0 Å². The second kappa shape index (κ2) is 3.47. The number of carbonyl (C=O) groups is 1. The number of rotatable bonds is 2. The Kier molecular flexibility index (Phi) is 2.56. The van der Waals surface area contributed by atoms with Crippen LogP contribution in [-0.2, 0) is 0 Å². The third-order valence-electron chi connectivity index (χ3n) is 1.71. The summed E-state index contributed by atoms with van der Waals surface area (Å²) >= 11 is 0. The molecule has 0 heterocycles. The molecule has 70 valence electrons. The van der Waals surface area contributed by atoms with Gasteiger partial charge in [0.25, 0.3) is 0 Å². The van der Waals surface area contributed by atoms with Crippen molar-refractivity contribution in [2.75, 3.05) is 0 Å². The molecule has 0 amide bonds. The van der Waals surface area contributed by atoms with Crippen LogP contribution in [-0.4, -0.2) is 16.0 Å². The van der Waals surface area contributed by atoms with Crippen LogP contribution in [0.2, 0.25) is 0 Å². The van der Waals surface area contributed by atoms with Gasteiger partial charge in [-0.1, -0.05) is 13.8 Å². The molecule has 0 aliphatic carbocycles. The number of hydrogen-bond donors (Lipinski definition) is 2. The van der Waals surface area contributed by atoms with Gasteiger partial charge >= 0.3 is 0 Å². The second-order valence-electron chi connectivity index (χ2n) is 3.26. The van der Waals surface area contributed by atoms with E-state index >= 15 is 0 Å². The Morgan fingerprint density at radius 2 is 1.62 bits per heavy atom. The van der Waals surface area contributed by atoms with Crippen LogP contribution >= 0.6 is 0 Å². The molecule has 0 radical (unpaired) electrons. The fourth-order valence-corrected chi connectivity index (χ4v) is 1.07. The topological polar surface area (TPSA) is 57.5 Å². The number of benzene rings is 1. The van der Waals surface area contributed by atoms with Gasteiger partial charge in [-0.15, -0.1) is 0 Å². The van der Waals surface area contributed by atoms with Crippen molar-refractivity contribution in [3.63, 3.8) is 0 Å². The lowest BCUT2D eigenvalue weighted by Crippen LogP contribution is -2.06. The third kappa shape index (κ3) is 2.21. The maximum Gasteiger partial charge on any atom is 0.165 e. The van der Waals surface area contributed by atoms with E-state index < -0.39 is 0 Å². The molecule has 0 saturated carbocycles. The lowest BCUT2D eigenvalue weighted by molar-refractivity contribution is 0.0938. The monoisotopic (exact) mass is 180 g/mol. The molecule has 0 aliphatic heterocycles. The van der Waals surface area contributed by atoms with Crippen LogP contribution in [0, 0.1) is 5.92 Å². The van der Waals surface area contributed by atoms with Crippen LogP contribution in [0.3, 0.4) is 0 Å². The Balaban J connectivity index is 3.08. The standard InChI is InChI=1S/C10H12O3/c1-6(2)10(13)7-3-8(11)5-9(12)4-7/h3-6,11-12H,1-2H3. The van der Waals surface area contributed by atoms with Gasteiger partial charge in [0.1, 0.15) is 11.5 Å². The maximum atomic E-state index is 11.4. The molecular weight excluding hydrogens is 168 g/mol. The van der Waals surface area contributed by atoms with Gasteiger partial charge in [0.05, 0.1) is 0 Å². The van der Waals surface area contributed by atoms with Crippen LogP contribution in [0.4, 0.5) is 0 Å². The molecule has 0 atom stereocenters. The van der Waals surface area contributed by atoms with E-state index in [-0.39, 0.29) is 23.2 Å². The first kappa shape index (κ1) is 9.58. The molecular formula is C10H12O3. The van der Waals surface area contributed by atoms with E-state index in [1.165, 1.54) is 18.2 Å². The Morgan fingerprint density at radius 3 is 2.00 bits per heavy atom. The van der Waals surface area contributed by atoms with Gasteiger partial charge in [-0.2, -0.15) is 0 Å². The van der Waals surface area contributed by atoms with Crippen molar-refractivity contribution in [1.82, 2.24) is 0 Å². The molecule has 0 fully saturated rings.